The van der Waals surface area contributed by atoms with Crippen LogP contribution in [-0.4, -0.2) is 42.2 Å². The fourth-order valence-corrected chi connectivity index (χ4v) is 2.03. The van der Waals surface area contributed by atoms with Crippen LogP contribution in [0.1, 0.15) is 16.1 Å². The molecule has 0 fully saturated rings. The molecule has 3 heterocycles. The molecule has 0 aliphatic heterocycles. The molecule has 0 aliphatic rings. The van der Waals surface area contributed by atoms with Crippen molar-refractivity contribution in [3.8, 4) is 0 Å². The lowest BCUT2D eigenvalue weighted by Crippen LogP contribution is -2.26. The average molecular weight is 270 g/mol. The molecule has 20 heavy (non-hydrogen) atoms. The second-order valence-electron chi connectivity index (χ2n) is 4.64. The van der Waals surface area contributed by atoms with Crippen molar-refractivity contribution >= 4 is 11.6 Å². The molecule has 7 nitrogen and oxygen atoms in total. The number of aromatic nitrogens is 5. The zero-order chi connectivity index (χ0) is 14.1. The van der Waals surface area contributed by atoms with Crippen LogP contribution < -0.4 is 0 Å². The Morgan fingerprint density at radius 2 is 2.30 bits per heavy atom. The van der Waals surface area contributed by atoms with E-state index in [2.05, 4.69) is 15.2 Å². The zero-order valence-corrected chi connectivity index (χ0v) is 11.3. The maximum atomic E-state index is 12.3. The monoisotopic (exact) mass is 270 g/mol. The molecule has 3 aromatic heterocycles. The highest BCUT2D eigenvalue weighted by Gasteiger charge is 2.16. The number of aryl methyl sites for hydroxylation is 1. The molecule has 0 unspecified atom stereocenters. The third-order valence-corrected chi connectivity index (χ3v) is 2.98. The number of rotatable bonds is 3. The lowest BCUT2D eigenvalue weighted by molar-refractivity contribution is 0.0779. The summed E-state index contributed by atoms with van der Waals surface area (Å²) in [6.45, 7) is 0.494. The minimum Gasteiger partial charge on any atom is -0.336 e. The van der Waals surface area contributed by atoms with E-state index in [1.165, 1.54) is 0 Å². The predicted molar refractivity (Wildman–Crippen MR) is 72.0 cm³/mol. The van der Waals surface area contributed by atoms with Crippen LogP contribution in [0, 0.1) is 0 Å². The van der Waals surface area contributed by atoms with Crippen molar-refractivity contribution in [2.45, 2.75) is 6.54 Å². The molecule has 3 aromatic rings. The van der Waals surface area contributed by atoms with Crippen LogP contribution in [0.25, 0.3) is 5.65 Å². The molecule has 0 N–H and O–H groups in total. The van der Waals surface area contributed by atoms with E-state index in [0.717, 1.165) is 5.56 Å². The van der Waals surface area contributed by atoms with Crippen molar-refractivity contribution in [2.75, 3.05) is 7.05 Å². The lowest BCUT2D eigenvalue weighted by atomic mass is 10.3. The Labute approximate surface area is 115 Å². The summed E-state index contributed by atoms with van der Waals surface area (Å²) in [5.41, 5.74) is 2.02. The van der Waals surface area contributed by atoms with Gasteiger partial charge in [0.25, 0.3) is 5.91 Å². The van der Waals surface area contributed by atoms with Gasteiger partial charge < -0.3 is 4.90 Å². The van der Waals surface area contributed by atoms with E-state index in [4.69, 9.17) is 0 Å². The highest BCUT2D eigenvalue weighted by atomic mass is 16.2. The Kier molecular flexibility index (Phi) is 2.94. The van der Waals surface area contributed by atoms with Crippen molar-refractivity contribution < 1.29 is 4.79 Å². The quantitative estimate of drug-likeness (QED) is 0.703. The molecule has 0 aliphatic carbocycles. The Bertz CT molecular complexity index is 726. The van der Waals surface area contributed by atoms with E-state index in [0.29, 0.717) is 17.9 Å². The number of nitrogens with zero attached hydrogens (tertiary/aromatic N) is 6. The number of carbonyl (C=O) groups is 1. The van der Waals surface area contributed by atoms with E-state index in [-0.39, 0.29) is 5.91 Å². The van der Waals surface area contributed by atoms with Crippen molar-refractivity contribution in [1.29, 1.82) is 0 Å². The Hall–Kier alpha value is -2.70. The van der Waals surface area contributed by atoms with E-state index in [1.807, 2.05) is 13.2 Å². The van der Waals surface area contributed by atoms with Gasteiger partial charge in [0.05, 0.1) is 6.20 Å². The van der Waals surface area contributed by atoms with Crippen LogP contribution in [0.2, 0.25) is 0 Å². The molecular weight excluding hydrogens is 256 g/mol. The van der Waals surface area contributed by atoms with Crippen molar-refractivity contribution in [2.24, 2.45) is 7.05 Å². The maximum absolute atomic E-state index is 12.3. The zero-order valence-electron chi connectivity index (χ0n) is 11.3. The number of amides is 1. The smallest absolute Gasteiger partial charge is 0.274 e. The molecule has 0 aromatic carbocycles. The first-order chi connectivity index (χ1) is 9.63. The van der Waals surface area contributed by atoms with Crippen molar-refractivity contribution in [3.05, 3.63) is 48.2 Å². The van der Waals surface area contributed by atoms with Crippen LogP contribution in [0.4, 0.5) is 0 Å². The van der Waals surface area contributed by atoms with Crippen LogP contribution in [0.5, 0.6) is 0 Å². The summed E-state index contributed by atoms with van der Waals surface area (Å²) in [5.74, 6) is -0.139. The second kappa shape index (κ2) is 4.76. The molecule has 102 valence electrons. The average Bonchev–Trinajstić information content (AvgIpc) is 3.03. The minimum atomic E-state index is -0.139. The molecule has 0 spiro atoms. The largest absolute Gasteiger partial charge is 0.336 e. The number of carbonyl (C=O) groups excluding carboxylic acids is 1. The molecule has 0 radical (unpaired) electrons. The maximum Gasteiger partial charge on any atom is 0.274 e. The van der Waals surface area contributed by atoms with Gasteiger partial charge in [-0.3, -0.25) is 9.48 Å². The number of hydrogen-bond donors (Lipinski definition) is 0. The summed E-state index contributed by atoms with van der Waals surface area (Å²) >= 11 is 0. The molecule has 7 heteroatoms. The van der Waals surface area contributed by atoms with Crippen LogP contribution >= 0.6 is 0 Å². The summed E-state index contributed by atoms with van der Waals surface area (Å²) in [6, 6.07) is 3.45. The topological polar surface area (TPSA) is 68.3 Å². The van der Waals surface area contributed by atoms with Gasteiger partial charge >= 0.3 is 0 Å². The highest BCUT2D eigenvalue weighted by Crippen LogP contribution is 2.08. The lowest BCUT2D eigenvalue weighted by Gasteiger charge is -2.14. The first-order valence-corrected chi connectivity index (χ1v) is 6.17. The van der Waals surface area contributed by atoms with Gasteiger partial charge in [-0.2, -0.15) is 10.2 Å². The van der Waals surface area contributed by atoms with Gasteiger partial charge in [0.15, 0.2) is 11.3 Å². The van der Waals surface area contributed by atoms with Gasteiger partial charge in [-0.15, -0.1) is 0 Å². The van der Waals surface area contributed by atoms with Gasteiger partial charge in [0, 0.05) is 50.9 Å². The summed E-state index contributed by atoms with van der Waals surface area (Å²) in [4.78, 5) is 18.1. The summed E-state index contributed by atoms with van der Waals surface area (Å²) < 4.78 is 3.30. The predicted octanol–water partition coefficient (Wildman–Crippen LogP) is 0.735. The molecule has 0 bridgehead atoms. The van der Waals surface area contributed by atoms with Crippen molar-refractivity contribution in [1.82, 2.24) is 29.3 Å². The van der Waals surface area contributed by atoms with Gasteiger partial charge in [0.2, 0.25) is 0 Å². The Morgan fingerprint density at radius 3 is 3.00 bits per heavy atom. The fourth-order valence-electron chi connectivity index (χ4n) is 2.03. The van der Waals surface area contributed by atoms with Gasteiger partial charge in [-0.05, 0) is 6.07 Å². The third-order valence-electron chi connectivity index (χ3n) is 2.98. The molecular formula is C13H14N6O. The number of fused-ring (bicyclic) bond motifs is 1. The van der Waals surface area contributed by atoms with Crippen molar-refractivity contribution in [3.63, 3.8) is 0 Å². The minimum absolute atomic E-state index is 0.139. The normalized spacial score (nSPS) is 10.9. The summed E-state index contributed by atoms with van der Waals surface area (Å²) in [6.07, 6.45) is 7.06. The van der Waals surface area contributed by atoms with E-state index < -0.39 is 0 Å². The molecule has 1 amide bonds. The number of hydrogen-bond acceptors (Lipinski definition) is 4. The summed E-state index contributed by atoms with van der Waals surface area (Å²) in [5, 5.41) is 8.31. The first-order valence-electron chi connectivity index (χ1n) is 6.17. The third kappa shape index (κ3) is 2.25. The standard InChI is InChI=1S/C13H14N6O/c1-17(8-10-7-15-18(2)9-10)13(20)11-6-12-14-4-3-5-19(12)16-11/h3-7,9H,8H2,1-2H3. The molecule has 0 atom stereocenters. The summed E-state index contributed by atoms with van der Waals surface area (Å²) in [7, 11) is 3.59. The van der Waals surface area contributed by atoms with Gasteiger partial charge in [-0.1, -0.05) is 0 Å². The van der Waals surface area contributed by atoms with E-state index in [9.17, 15) is 4.79 Å². The Balaban J connectivity index is 1.80. The van der Waals surface area contributed by atoms with Gasteiger partial charge in [0.1, 0.15) is 0 Å². The first kappa shape index (κ1) is 12.3. The SMILES string of the molecule is CN(Cc1cnn(C)c1)C(=O)c1cc2ncccn2n1. The molecule has 0 saturated carbocycles. The van der Waals surface area contributed by atoms with Crippen LogP contribution in [0.3, 0.4) is 0 Å². The second-order valence-corrected chi connectivity index (χ2v) is 4.64. The highest BCUT2D eigenvalue weighted by molar-refractivity contribution is 5.93. The molecule has 3 rings (SSSR count). The fraction of sp³-hybridized carbons (Fsp3) is 0.231. The molecule has 0 saturated heterocycles. The Morgan fingerprint density at radius 1 is 1.45 bits per heavy atom. The van der Waals surface area contributed by atoms with E-state index >= 15 is 0 Å². The van der Waals surface area contributed by atoms with Crippen LogP contribution in [-0.2, 0) is 13.6 Å². The van der Waals surface area contributed by atoms with Crippen LogP contribution in [0.15, 0.2) is 36.9 Å². The van der Waals surface area contributed by atoms with E-state index in [1.54, 1.807) is 51.9 Å². The van der Waals surface area contributed by atoms with Gasteiger partial charge in [-0.25, -0.2) is 9.50 Å².